The standard InChI is InChI=1S/C19H20ClN3OS/c1-21(18(24)15-7-9-16(20)10-8-15)19(25)23-13-11-22(12-14-23)17-5-3-2-4-6-17/h2-10H,11-14H2,1H3. The van der Waals surface area contributed by atoms with Gasteiger partial charge in [-0.15, -0.1) is 0 Å². The van der Waals surface area contributed by atoms with E-state index in [-0.39, 0.29) is 5.91 Å². The second kappa shape index (κ2) is 7.85. The zero-order valence-corrected chi connectivity index (χ0v) is 15.6. The fourth-order valence-corrected chi connectivity index (χ4v) is 3.27. The Morgan fingerprint density at radius 2 is 1.60 bits per heavy atom. The number of para-hydroxylation sites is 1. The van der Waals surface area contributed by atoms with E-state index in [4.69, 9.17) is 23.8 Å². The predicted molar refractivity (Wildman–Crippen MR) is 106 cm³/mol. The van der Waals surface area contributed by atoms with Gasteiger partial charge in [0.15, 0.2) is 5.11 Å². The normalized spacial score (nSPS) is 14.3. The van der Waals surface area contributed by atoms with E-state index in [1.54, 1.807) is 31.3 Å². The number of halogens is 1. The van der Waals surface area contributed by atoms with Crippen molar-refractivity contribution in [3.63, 3.8) is 0 Å². The summed E-state index contributed by atoms with van der Waals surface area (Å²) in [5.74, 6) is -0.118. The number of carbonyl (C=O) groups is 1. The third-order valence-corrected chi connectivity index (χ3v) is 5.14. The lowest BCUT2D eigenvalue weighted by Gasteiger charge is -2.39. The molecule has 1 saturated heterocycles. The van der Waals surface area contributed by atoms with Gasteiger partial charge in [0.25, 0.3) is 5.91 Å². The third kappa shape index (κ3) is 4.11. The fraction of sp³-hybridized carbons (Fsp3) is 0.263. The van der Waals surface area contributed by atoms with E-state index in [0.29, 0.717) is 15.7 Å². The van der Waals surface area contributed by atoms with Gasteiger partial charge in [0, 0.05) is 49.5 Å². The van der Waals surface area contributed by atoms with Gasteiger partial charge in [-0.1, -0.05) is 29.8 Å². The highest BCUT2D eigenvalue weighted by Gasteiger charge is 2.24. The molecular formula is C19H20ClN3OS. The lowest BCUT2D eigenvalue weighted by Crippen LogP contribution is -2.53. The van der Waals surface area contributed by atoms with Crippen LogP contribution in [0.2, 0.25) is 5.02 Å². The van der Waals surface area contributed by atoms with Crippen molar-refractivity contribution >= 4 is 40.5 Å². The summed E-state index contributed by atoms with van der Waals surface area (Å²) < 4.78 is 0. The molecule has 2 aromatic rings. The van der Waals surface area contributed by atoms with E-state index in [1.807, 2.05) is 18.2 Å². The number of hydrogen-bond acceptors (Lipinski definition) is 3. The molecule has 1 fully saturated rings. The number of thiocarbonyl (C=S) groups is 1. The zero-order valence-electron chi connectivity index (χ0n) is 14.1. The smallest absolute Gasteiger partial charge is 0.259 e. The molecule has 1 aliphatic rings. The first-order valence-electron chi connectivity index (χ1n) is 8.19. The van der Waals surface area contributed by atoms with E-state index in [0.717, 1.165) is 26.2 Å². The number of carbonyl (C=O) groups excluding carboxylic acids is 1. The van der Waals surface area contributed by atoms with Gasteiger partial charge in [-0.05, 0) is 48.6 Å². The number of anilines is 1. The predicted octanol–water partition coefficient (Wildman–Crippen LogP) is 3.52. The van der Waals surface area contributed by atoms with Gasteiger partial charge in [-0.25, -0.2) is 0 Å². The van der Waals surface area contributed by atoms with Crippen molar-refractivity contribution in [1.82, 2.24) is 9.80 Å². The molecule has 1 aliphatic heterocycles. The van der Waals surface area contributed by atoms with Crippen LogP contribution in [0, 0.1) is 0 Å². The van der Waals surface area contributed by atoms with Crippen molar-refractivity contribution in [2.24, 2.45) is 0 Å². The minimum atomic E-state index is -0.118. The topological polar surface area (TPSA) is 26.8 Å². The fourth-order valence-electron chi connectivity index (χ4n) is 2.88. The molecule has 6 heteroatoms. The Hall–Kier alpha value is -2.11. The van der Waals surface area contributed by atoms with Gasteiger partial charge >= 0.3 is 0 Å². The largest absolute Gasteiger partial charge is 0.368 e. The number of hydrogen-bond donors (Lipinski definition) is 0. The van der Waals surface area contributed by atoms with Gasteiger partial charge in [0.05, 0.1) is 0 Å². The summed E-state index contributed by atoms with van der Waals surface area (Å²) in [4.78, 5) is 18.5. The molecule has 0 spiro atoms. The first-order chi connectivity index (χ1) is 12.1. The maximum atomic E-state index is 12.6. The molecule has 0 saturated carbocycles. The second-order valence-corrected chi connectivity index (χ2v) is 6.76. The van der Waals surface area contributed by atoms with Crippen LogP contribution in [0.4, 0.5) is 5.69 Å². The zero-order chi connectivity index (χ0) is 17.8. The summed E-state index contributed by atoms with van der Waals surface area (Å²) in [5.41, 5.74) is 1.80. The van der Waals surface area contributed by atoms with Crippen LogP contribution in [0.25, 0.3) is 0 Å². The number of piperazine rings is 1. The maximum absolute atomic E-state index is 12.6. The van der Waals surface area contributed by atoms with Crippen LogP contribution < -0.4 is 4.90 Å². The number of benzene rings is 2. The Kier molecular flexibility index (Phi) is 5.56. The van der Waals surface area contributed by atoms with Crippen LogP contribution in [0.5, 0.6) is 0 Å². The van der Waals surface area contributed by atoms with E-state index in [2.05, 4.69) is 21.9 Å². The number of nitrogens with zero attached hydrogens (tertiary/aromatic N) is 3. The average molecular weight is 374 g/mol. The number of amides is 1. The summed E-state index contributed by atoms with van der Waals surface area (Å²) in [6.45, 7) is 3.36. The molecule has 25 heavy (non-hydrogen) atoms. The van der Waals surface area contributed by atoms with Crippen LogP contribution in [0.15, 0.2) is 54.6 Å². The first-order valence-corrected chi connectivity index (χ1v) is 8.97. The van der Waals surface area contributed by atoms with Gasteiger partial charge in [-0.3, -0.25) is 9.69 Å². The second-order valence-electron chi connectivity index (χ2n) is 5.96. The Morgan fingerprint density at radius 3 is 2.20 bits per heavy atom. The molecule has 3 rings (SSSR count). The van der Waals surface area contributed by atoms with Crippen LogP contribution in [0.3, 0.4) is 0 Å². The molecule has 0 aromatic heterocycles. The third-order valence-electron chi connectivity index (χ3n) is 4.35. The summed E-state index contributed by atoms with van der Waals surface area (Å²) in [7, 11) is 1.73. The Morgan fingerprint density at radius 1 is 1.00 bits per heavy atom. The Bertz CT molecular complexity index is 743. The van der Waals surface area contributed by atoms with E-state index in [9.17, 15) is 4.79 Å². The van der Waals surface area contributed by atoms with Gasteiger partial charge in [-0.2, -0.15) is 0 Å². The van der Waals surface area contributed by atoms with Crippen LogP contribution in [0.1, 0.15) is 10.4 Å². The van der Waals surface area contributed by atoms with Crippen molar-refractivity contribution in [3.05, 3.63) is 65.2 Å². The summed E-state index contributed by atoms with van der Waals surface area (Å²) in [6.07, 6.45) is 0. The van der Waals surface area contributed by atoms with Gasteiger partial charge < -0.3 is 9.80 Å². The molecule has 0 radical (unpaired) electrons. The number of rotatable bonds is 2. The van der Waals surface area contributed by atoms with Crippen molar-refractivity contribution in [1.29, 1.82) is 0 Å². The molecular weight excluding hydrogens is 354 g/mol. The highest BCUT2D eigenvalue weighted by atomic mass is 35.5. The highest BCUT2D eigenvalue weighted by molar-refractivity contribution is 7.80. The van der Waals surface area contributed by atoms with E-state index in [1.165, 1.54) is 10.6 Å². The molecule has 130 valence electrons. The molecule has 2 aromatic carbocycles. The molecule has 0 unspecified atom stereocenters. The molecule has 0 N–H and O–H groups in total. The van der Waals surface area contributed by atoms with E-state index >= 15 is 0 Å². The monoisotopic (exact) mass is 373 g/mol. The Labute approximate surface area is 158 Å². The van der Waals surface area contributed by atoms with Crippen molar-refractivity contribution in [2.45, 2.75) is 0 Å². The van der Waals surface area contributed by atoms with Crippen LogP contribution >= 0.6 is 23.8 Å². The molecule has 4 nitrogen and oxygen atoms in total. The Balaban J connectivity index is 1.60. The van der Waals surface area contributed by atoms with Gasteiger partial charge in [0.2, 0.25) is 0 Å². The summed E-state index contributed by atoms with van der Waals surface area (Å²) >= 11 is 11.4. The average Bonchev–Trinajstić information content (AvgIpc) is 2.67. The molecule has 0 bridgehead atoms. The maximum Gasteiger partial charge on any atom is 0.259 e. The lowest BCUT2D eigenvalue weighted by atomic mass is 10.2. The van der Waals surface area contributed by atoms with Crippen LogP contribution in [-0.2, 0) is 0 Å². The molecule has 0 atom stereocenters. The van der Waals surface area contributed by atoms with Crippen molar-refractivity contribution in [3.8, 4) is 0 Å². The van der Waals surface area contributed by atoms with Crippen molar-refractivity contribution < 1.29 is 4.79 Å². The molecule has 1 amide bonds. The minimum absolute atomic E-state index is 0.118. The SMILES string of the molecule is CN(C(=O)c1ccc(Cl)cc1)C(=S)N1CCN(c2ccccc2)CC1. The van der Waals surface area contributed by atoms with E-state index < -0.39 is 0 Å². The highest BCUT2D eigenvalue weighted by Crippen LogP contribution is 2.17. The summed E-state index contributed by atoms with van der Waals surface area (Å²) in [5, 5.41) is 1.17. The lowest BCUT2D eigenvalue weighted by molar-refractivity contribution is 0.0859. The minimum Gasteiger partial charge on any atom is -0.368 e. The first kappa shape index (κ1) is 17.7. The quantitative estimate of drug-likeness (QED) is 0.752. The van der Waals surface area contributed by atoms with Crippen molar-refractivity contribution in [2.75, 3.05) is 38.1 Å². The molecule has 0 aliphatic carbocycles. The summed E-state index contributed by atoms with van der Waals surface area (Å²) in [6, 6.07) is 17.2. The van der Waals surface area contributed by atoms with Gasteiger partial charge in [0.1, 0.15) is 0 Å². The van der Waals surface area contributed by atoms with Crippen LogP contribution in [-0.4, -0.2) is 54.0 Å². The molecule has 1 heterocycles.